The van der Waals surface area contributed by atoms with E-state index in [1.807, 2.05) is 0 Å². The first kappa shape index (κ1) is 16.3. The van der Waals surface area contributed by atoms with Gasteiger partial charge in [0.05, 0.1) is 0 Å². The Morgan fingerprint density at radius 1 is 0.750 bits per heavy atom. The minimum absolute atomic E-state index is 0.356. The molecule has 3 heteroatoms. The van der Waals surface area contributed by atoms with Crippen molar-refractivity contribution in [1.29, 1.82) is 0 Å². The van der Waals surface area contributed by atoms with Gasteiger partial charge in [0, 0.05) is 26.2 Å². The quantitative estimate of drug-likeness (QED) is 0.727. The van der Waals surface area contributed by atoms with E-state index in [1.165, 1.54) is 90.6 Å². The van der Waals surface area contributed by atoms with Crippen LogP contribution in [-0.2, 0) is 0 Å². The summed E-state index contributed by atoms with van der Waals surface area (Å²) in [4.78, 5) is 5.36. The van der Waals surface area contributed by atoms with Crippen LogP contribution in [0, 0.1) is 5.92 Å². The van der Waals surface area contributed by atoms with Gasteiger partial charge >= 0.3 is 0 Å². The van der Waals surface area contributed by atoms with E-state index in [9.17, 15) is 0 Å². The average Bonchev–Trinajstić information content (AvgIpc) is 2.70. The highest BCUT2D eigenvalue weighted by Crippen LogP contribution is 2.24. The molecule has 2 aliphatic rings. The van der Waals surface area contributed by atoms with Crippen LogP contribution in [0.25, 0.3) is 0 Å². The maximum absolute atomic E-state index is 8.82. The highest BCUT2D eigenvalue weighted by atomic mass is 16.2. The molecular formula is C17H34N2O. The van der Waals surface area contributed by atoms with Crippen LogP contribution in [0.1, 0.15) is 57.8 Å². The number of rotatable bonds is 7. The van der Waals surface area contributed by atoms with Crippen molar-refractivity contribution >= 4 is 0 Å². The Bertz CT molecular complexity index is 241. The smallest absolute Gasteiger partial charge is 0.0431 e. The lowest BCUT2D eigenvalue weighted by molar-refractivity contribution is 0.200. The number of aliphatic hydroxyl groups is 1. The number of aliphatic hydroxyl groups excluding tert-OH is 1. The summed E-state index contributed by atoms with van der Waals surface area (Å²) in [6, 6.07) is 0. The summed E-state index contributed by atoms with van der Waals surface area (Å²) in [6.07, 6.45) is 12.1. The topological polar surface area (TPSA) is 26.7 Å². The molecule has 1 aliphatic carbocycles. The van der Waals surface area contributed by atoms with E-state index >= 15 is 0 Å². The van der Waals surface area contributed by atoms with Crippen molar-refractivity contribution in [3.05, 3.63) is 0 Å². The minimum Gasteiger partial charge on any atom is -0.396 e. The van der Waals surface area contributed by atoms with Gasteiger partial charge in [0.15, 0.2) is 0 Å². The van der Waals surface area contributed by atoms with Gasteiger partial charge in [-0.25, -0.2) is 0 Å². The average molecular weight is 282 g/mol. The highest BCUT2D eigenvalue weighted by Gasteiger charge is 2.19. The third-order valence-corrected chi connectivity index (χ3v) is 5.05. The van der Waals surface area contributed by atoms with Crippen LogP contribution in [-0.4, -0.2) is 60.8 Å². The first-order valence-corrected chi connectivity index (χ1v) is 8.94. The lowest BCUT2D eigenvalue weighted by Gasteiger charge is -2.28. The first-order chi connectivity index (χ1) is 9.88. The van der Waals surface area contributed by atoms with Crippen molar-refractivity contribution in [3.8, 4) is 0 Å². The zero-order valence-electron chi connectivity index (χ0n) is 13.2. The van der Waals surface area contributed by atoms with Gasteiger partial charge in [-0.3, -0.25) is 0 Å². The summed E-state index contributed by atoms with van der Waals surface area (Å²) in [5, 5.41) is 8.82. The Morgan fingerprint density at radius 2 is 1.50 bits per heavy atom. The van der Waals surface area contributed by atoms with Crippen molar-refractivity contribution in [1.82, 2.24) is 9.80 Å². The Hall–Kier alpha value is -0.120. The third-order valence-electron chi connectivity index (χ3n) is 5.05. The predicted molar refractivity (Wildman–Crippen MR) is 85.0 cm³/mol. The van der Waals surface area contributed by atoms with Gasteiger partial charge in [-0.1, -0.05) is 19.3 Å². The molecule has 0 unspecified atom stereocenters. The molecule has 0 atom stereocenters. The molecule has 118 valence electrons. The summed E-state index contributed by atoms with van der Waals surface area (Å²) < 4.78 is 0. The Labute approximate surface area is 125 Å². The standard InChI is InChI=1S/C17H34N2O/c20-15-6-2-5-10-18-11-7-12-19(14-13-18)16-17-8-3-1-4-9-17/h17,20H,1-16H2. The molecule has 3 nitrogen and oxygen atoms in total. The second-order valence-electron chi connectivity index (χ2n) is 6.78. The molecule has 1 N–H and O–H groups in total. The molecule has 1 aliphatic heterocycles. The summed E-state index contributed by atoms with van der Waals surface area (Å²) >= 11 is 0. The van der Waals surface area contributed by atoms with Crippen molar-refractivity contribution in [2.24, 2.45) is 5.92 Å². The van der Waals surface area contributed by atoms with E-state index < -0.39 is 0 Å². The second-order valence-corrected chi connectivity index (χ2v) is 6.78. The second kappa shape index (κ2) is 9.75. The molecule has 2 rings (SSSR count). The fourth-order valence-electron chi connectivity index (χ4n) is 3.79. The fourth-order valence-corrected chi connectivity index (χ4v) is 3.79. The van der Waals surface area contributed by atoms with Crippen LogP contribution < -0.4 is 0 Å². The third kappa shape index (κ3) is 6.11. The van der Waals surface area contributed by atoms with Crippen LogP contribution in [0.4, 0.5) is 0 Å². The van der Waals surface area contributed by atoms with E-state index in [0.29, 0.717) is 6.61 Å². The summed E-state index contributed by atoms with van der Waals surface area (Å²) in [5.74, 6) is 0.986. The lowest BCUT2D eigenvalue weighted by atomic mass is 9.89. The fraction of sp³-hybridized carbons (Fsp3) is 1.00. The normalized spacial score (nSPS) is 23.9. The molecule has 0 aromatic carbocycles. The van der Waals surface area contributed by atoms with Crippen molar-refractivity contribution < 1.29 is 5.11 Å². The molecule has 1 saturated heterocycles. The molecule has 0 amide bonds. The molecule has 0 aromatic rings. The Kier molecular flexibility index (Phi) is 7.92. The van der Waals surface area contributed by atoms with Gasteiger partial charge in [0.2, 0.25) is 0 Å². The van der Waals surface area contributed by atoms with E-state index in [2.05, 4.69) is 9.80 Å². The van der Waals surface area contributed by atoms with E-state index in [4.69, 9.17) is 5.11 Å². The van der Waals surface area contributed by atoms with Gasteiger partial charge in [-0.05, 0) is 64.1 Å². The number of hydrogen-bond acceptors (Lipinski definition) is 3. The number of hydrogen-bond donors (Lipinski definition) is 1. The maximum Gasteiger partial charge on any atom is 0.0431 e. The molecular weight excluding hydrogens is 248 g/mol. The molecule has 1 saturated carbocycles. The minimum atomic E-state index is 0.356. The molecule has 0 radical (unpaired) electrons. The monoisotopic (exact) mass is 282 g/mol. The van der Waals surface area contributed by atoms with Crippen molar-refractivity contribution in [3.63, 3.8) is 0 Å². The molecule has 0 aromatic heterocycles. The molecule has 0 spiro atoms. The molecule has 1 heterocycles. The van der Waals surface area contributed by atoms with Crippen molar-refractivity contribution in [2.45, 2.75) is 57.8 Å². The zero-order valence-corrected chi connectivity index (χ0v) is 13.2. The van der Waals surface area contributed by atoms with Gasteiger partial charge in [-0.2, -0.15) is 0 Å². The van der Waals surface area contributed by atoms with Crippen LogP contribution >= 0.6 is 0 Å². The van der Waals surface area contributed by atoms with Gasteiger partial charge in [0.1, 0.15) is 0 Å². The van der Waals surface area contributed by atoms with E-state index in [-0.39, 0.29) is 0 Å². The molecule has 20 heavy (non-hydrogen) atoms. The predicted octanol–water partition coefficient (Wildman–Crippen LogP) is 2.74. The molecule has 2 fully saturated rings. The summed E-state index contributed by atoms with van der Waals surface area (Å²) in [5.41, 5.74) is 0. The van der Waals surface area contributed by atoms with Crippen LogP contribution in [0.15, 0.2) is 0 Å². The Morgan fingerprint density at radius 3 is 2.30 bits per heavy atom. The first-order valence-electron chi connectivity index (χ1n) is 8.94. The Balaban J connectivity index is 1.61. The van der Waals surface area contributed by atoms with Gasteiger partial charge < -0.3 is 14.9 Å². The SMILES string of the molecule is OCCCCCN1CCCN(CC2CCCCC2)CC1. The van der Waals surface area contributed by atoms with Crippen LogP contribution in [0.3, 0.4) is 0 Å². The number of nitrogens with zero attached hydrogens (tertiary/aromatic N) is 2. The van der Waals surface area contributed by atoms with Gasteiger partial charge in [-0.15, -0.1) is 0 Å². The van der Waals surface area contributed by atoms with Crippen LogP contribution in [0.2, 0.25) is 0 Å². The molecule has 0 bridgehead atoms. The summed E-state index contributed by atoms with van der Waals surface area (Å²) in [7, 11) is 0. The zero-order chi connectivity index (χ0) is 14.0. The van der Waals surface area contributed by atoms with Crippen molar-refractivity contribution in [2.75, 3.05) is 45.9 Å². The van der Waals surface area contributed by atoms with Crippen LogP contribution in [0.5, 0.6) is 0 Å². The number of unbranched alkanes of at least 4 members (excludes halogenated alkanes) is 2. The highest BCUT2D eigenvalue weighted by molar-refractivity contribution is 4.74. The summed E-state index contributed by atoms with van der Waals surface area (Å²) in [6.45, 7) is 8.07. The maximum atomic E-state index is 8.82. The van der Waals surface area contributed by atoms with E-state index in [0.717, 1.165) is 12.3 Å². The van der Waals surface area contributed by atoms with E-state index in [1.54, 1.807) is 0 Å². The largest absolute Gasteiger partial charge is 0.396 e. The van der Waals surface area contributed by atoms with Gasteiger partial charge in [0.25, 0.3) is 0 Å². The lowest BCUT2D eigenvalue weighted by Crippen LogP contribution is -2.34.